The van der Waals surface area contributed by atoms with Crippen molar-refractivity contribution in [3.63, 3.8) is 0 Å². The third-order valence-electron chi connectivity index (χ3n) is 1.89. The molecule has 0 aromatic carbocycles. The van der Waals surface area contributed by atoms with Crippen LogP contribution in [0, 0.1) is 0 Å². The Morgan fingerprint density at radius 1 is 1.08 bits per heavy atom. The van der Waals surface area contributed by atoms with Crippen LogP contribution in [-0.4, -0.2) is 12.8 Å². The Labute approximate surface area is 79.0 Å². The molecule has 0 aliphatic carbocycles. The Morgan fingerprint density at radius 3 is 2.31 bits per heavy atom. The average Bonchev–Trinajstić information content (AvgIpc) is 2.16. The number of aldehydes is 1. The smallest absolute Gasteiger partial charge is 0.119 e. The third kappa shape index (κ3) is 11.0. The number of carbonyl (C=O) groups excluding carboxylic acids is 1. The van der Waals surface area contributed by atoms with Crippen LogP contribution >= 0.6 is 0 Å². The van der Waals surface area contributed by atoms with Gasteiger partial charge < -0.3 is 4.79 Å². The summed E-state index contributed by atoms with van der Waals surface area (Å²) < 4.78 is 0. The molecule has 0 rings (SSSR count). The van der Waals surface area contributed by atoms with Crippen molar-refractivity contribution in [1.29, 1.82) is 0 Å². The van der Waals surface area contributed by atoms with Crippen LogP contribution in [0.2, 0.25) is 0 Å². The lowest BCUT2D eigenvalue weighted by atomic mass is 10.1. The fourth-order valence-electron chi connectivity index (χ4n) is 1.16. The molecule has 0 heterocycles. The van der Waals surface area contributed by atoms with Gasteiger partial charge in [-0.05, 0) is 18.4 Å². The minimum atomic E-state index is 0.616. The summed E-state index contributed by atoms with van der Waals surface area (Å²) in [5.74, 6) is 0. The number of rotatable bonds is 9. The van der Waals surface area contributed by atoms with Gasteiger partial charge in [0.05, 0.1) is 0 Å². The van der Waals surface area contributed by atoms with Crippen LogP contribution in [0.5, 0.6) is 0 Å². The van der Waals surface area contributed by atoms with Crippen LogP contribution < -0.4 is 0 Å². The number of hydrogen-bond donors (Lipinski definition) is 0. The van der Waals surface area contributed by atoms with Gasteiger partial charge in [0.15, 0.2) is 0 Å². The lowest BCUT2D eigenvalue weighted by Gasteiger charge is -1.97. The van der Waals surface area contributed by atoms with Crippen molar-refractivity contribution >= 4 is 6.29 Å². The molecule has 0 saturated carbocycles. The molecule has 0 fully saturated rings. The number of nitrogens with zero attached hydrogens (tertiary/aromatic N) is 3. The van der Waals surface area contributed by atoms with Gasteiger partial charge in [0, 0.05) is 17.9 Å². The molecule has 0 bridgehead atoms. The molecule has 0 spiro atoms. The van der Waals surface area contributed by atoms with E-state index in [0.717, 1.165) is 32.0 Å². The summed E-state index contributed by atoms with van der Waals surface area (Å²) in [6.07, 6.45) is 8.29. The van der Waals surface area contributed by atoms with E-state index in [9.17, 15) is 4.79 Å². The van der Waals surface area contributed by atoms with Gasteiger partial charge in [-0.1, -0.05) is 30.8 Å². The second kappa shape index (κ2) is 11.0. The van der Waals surface area contributed by atoms with Gasteiger partial charge in [0.1, 0.15) is 6.29 Å². The van der Waals surface area contributed by atoms with Gasteiger partial charge in [-0.25, -0.2) is 0 Å². The van der Waals surface area contributed by atoms with E-state index in [1.807, 2.05) is 0 Å². The number of unbranched alkanes of at least 4 members (excludes halogenated alkanes) is 6. The van der Waals surface area contributed by atoms with Gasteiger partial charge in [0.2, 0.25) is 0 Å². The first kappa shape index (κ1) is 12.0. The summed E-state index contributed by atoms with van der Waals surface area (Å²) in [7, 11) is 0. The topological polar surface area (TPSA) is 65.8 Å². The maximum absolute atomic E-state index is 9.97. The molecule has 0 aliphatic heterocycles. The van der Waals surface area contributed by atoms with E-state index in [2.05, 4.69) is 10.0 Å². The molecule has 0 aliphatic rings. The molecular formula is C9H17N3O. The monoisotopic (exact) mass is 183 g/mol. The number of carbonyl (C=O) groups is 1. The highest BCUT2D eigenvalue weighted by atomic mass is 16.1. The summed E-state index contributed by atoms with van der Waals surface area (Å²) >= 11 is 0. The Kier molecular flexibility index (Phi) is 10.1. The van der Waals surface area contributed by atoms with E-state index >= 15 is 0 Å². The molecular weight excluding hydrogens is 166 g/mol. The minimum absolute atomic E-state index is 0.616. The zero-order valence-electron chi connectivity index (χ0n) is 7.98. The molecule has 4 nitrogen and oxygen atoms in total. The Bertz CT molecular complexity index is 164. The van der Waals surface area contributed by atoms with Crippen molar-refractivity contribution in [2.75, 3.05) is 6.54 Å². The SMILES string of the molecule is [N-]=[N+]=NCCCCCCCCC=O. The highest BCUT2D eigenvalue weighted by Gasteiger charge is 1.90. The second-order valence-corrected chi connectivity index (χ2v) is 3.03. The molecule has 4 heteroatoms. The summed E-state index contributed by atoms with van der Waals surface area (Å²) in [5.41, 5.74) is 7.99. The van der Waals surface area contributed by atoms with Crippen LogP contribution in [0.1, 0.15) is 44.9 Å². The number of azide groups is 1. The van der Waals surface area contributed by atoms with Gasteiger partial charge in [-0.2, -0.15) is 0 Å². The molecule has 74 valence electrons. The van der Waals surface area contributed by atoms with E-state index in [-0.39, 0.29) is 0 Å². The van der Waals surface area contributed by atoms with Crippen molar-refractivity contribution in [2.24, 2.45) is 5.11 Å². The third-order valence-corrected chi connectivity index (χ3v) is 1.89. The van der Waals surface area contributed by atoms with Crippen molar-refractivity contribution in [3.05, 3.63) is 10.4 Å². The quantitative estimate of drug-likeness (QED) is 0.178. The van der Waals surface area contributed by atoms with Crippen LogP contribution in [0.4, 0.5) is 0 Å². The van der Waals surface area contributed by atoms with Crippen LogP contribution in [0.25, 0.3) is 10.4 Å². The summed E-state index contributed by atoms with van der Waals surface area (Å²) in [6, 6.07) is 0. The fraction of sp³-hybridized carbons (Fsp3) is 0.889. The van der Waals surface area contributed by atoms with Gasteiger partial charge in [-0.3, -0.25) is 0 Å². The zero-order valence-corrected chi connectivity index (χ0v) is 7.98. The largest absolute Gasteiger partial charge is 0.303 e. The molecule has 0 saturated heterocycles. The van der Waals surface area contributed by atoms with E-state index in [1.54, 1.807) is 0 Å². The normalized spacial score (nSPS) is 9.23. The zero-order chi connectivity index (χ0) is 9.78. The summed E-state index contributed by atoms with van der Waals surface area (Å²) in [4.78, 5) is 12.6. The van der Waals surface area contributed by atoms with E-state index in [4.69, 9.17) is 5.53 Å². The van der Waals surface area contributed by atoms with E-state index in [0.29, 0.717) is 13.0 Å². The van der Waals surface area contributed by atoms with Crippen molar-refractivity contribution in [3.8, 4) is 0 Å². The van der Waals surface area contributed by atoms with Crippen molar-refractivity contribution in [1.82, 2.24) is 0 Å². The van der Waals surface area contributed by atoms with Gasteiger partial charge in [-0.15, -0.1) is 0 Å². The predicted molar refractivity (Wildman–Crippen MR) is 52.4 cm³/mol. The lowest BCUT2D eigenvalue weighted by Crippen LogP contribution is -1.83. The first-order chi connectivity index (χ1) is 6.41. The molecule has 0 unspecified atom stereocenters. The molecule has 0 N–H and O–H groups in total. The Balaban J connectivity index is 2.90. The first-order valence-corrected chi connectivity index (χ1v) is 4.86. The van der Waals surface area contributed by atoms with E-state index in [1.165, 1.54) is 12.8 Å². The summed E-state index contributed by atoms with van der Waals surface area (Å²) in [6.45, 7) is 0.616. The molecule has 0 aromatic rings. The van der Waals surface area contributed by atoms with Crippen molar-refractivity contribution < 1.29 is 4.79 Å². The number of hydrogen-bond acceptors (Lipinski definition) is 2. The fourth-order valence-corrected chi connectivity index (χ4v) is 1.16. The van der Waals surface area contributed by atoms with Crippen LogP contribution in [-0.2, 0) is 4.79 Å². The van der Waals surface area contributed by atoms with Crippen molar-refractivity contribution in [2.45, 2.75) is 44.9 Å². The van der Waals surface area contributed by atoms with E-state index < -0.39 is 0 Å². The molecule has 0 atom stereocenters. The maximum Gasteiger partial charge on any atom is 0.119 e. The Hall–Kier alpha value is -1.02. The highest BCUT2D eigenvalue weighted by Crippen LogP contribution is 2.06. The van der Waals surface area contributed by atoms with Gasteiger partial charge in [0.25, 0.3) is 0 Å². The molecule has 0 radical (unpaired) electrons. The molecule has 13 heavy (non-hydrogen) atoms. The molecule has 0 aromatic heterocycles. The van der Waals surface area contributed by atoms with Crippen LogP contribution in [0.3, 0.4) is 0 Å². The average molecular weight is 183 g/mol. The maximum atomic E-state index is 9.97. The second-order valence-electron chi connectivity index (χ2n) is 3.03. The first-order valence-electron chi connectivity index (χ1n) is 4.86. The summed E-state index contributed by atoms with van der Waals surface area (Å²) in [5, 5.41) is 3.45. The highest BCUT2D eigenvalue weighted by molar-refractivity contribution is 5.48. The standard InChI is InChI=1S/C9H17N3O/c10-12-11-8-6-4-2-1-3-5-7-9-13/h9H,1-8H2. The van der Waals surface area contributed by atoms with Gasteiger partial charge >= 0.3 is 0 Å². The Morgan fingerprint density at radius 2 is 1.69 bits per heavy atom. The minimum Gasteiger partial charge on any atom is -0.303 e. The predicted octanol–water partition coefficient (Wildman–Crippen LogP) is 3.23. The lowest BCUT2D eigenvalue weighted by molar-refractivity contribution is -0.107. The van der Waals surface area contributed by atoms with Crippen LogP contribution in [0.15, 0.2) is 5.11 Å². The molecule has 0 amide bonds.